The van der Waals surface area contributed by atoms with E-state index in [9.17, 15) is 0 Å². The predicted molar refractivity (Wildman–Crippen MR) is 82.0 cm³/mol. The molecule has 0 spiro atoms. The van der Waals surface area contributed by atoms with E-state index < -0.39 is 0 Å². The largest absolute Gasteiger partial charge is 0.301 e. The van der Waals surface area contributed by atoms with Crippen LogP contribution in [0.25, 0.3) is 0 Å². The Morgan fingerprint density at radius 1 is 1.10 bits per heavy atom. The highest BCUT2D eigenvalue weighted by Crippen LogP contribution is 2.32. The molecule has 118 valence electrons. The van der Waals surface area contributed by atoms with E-state index in [2.05, 4.69) is 43.9 Å². The fraction of sp³-hybridized carbons (Fsp3) is 0.933. The summed E-state index contributed by atoms with van der Waals surface area (Å²) in [5, 5.41) is 12.7. The first-order valence-corrected chi connectivity index (χ1v) is 8.57. The van der Waals surface area contributed by atoms with Crippen molar-refractivity contribution >= 4 is 0 Å². The van der Waals surface area contributed by atoms with Crippen molar-refractivity contribution in [2.24, 2.45) is 0 Å². The molecule has 6 heteroatoms. The van der Waals surface area contributed by atoms with Gasteiger partial charge in [-0.3, -0.25) is 4.90 Å². The van der Waals surface area contributed by atoms with Crippen LogP contribution in [0.5, 0.6) is 0 Å². The highest BCUT2D eigenvalue weighted by molar-refractivity contribution is 4.97. The maximum absolute atomic E-state index is 4.39. The van der Waals surface area contributed by atoms with Gasteiger partial charge in [0.1, 0.15) is 0 Å². The summed E-state index contributed by atoms with van der Waals surface area (Å²) in [7, 11) is 0. The van der Waals surface area contributed by atoms with Crippen LogP contribution in [-0.2, 0) is 0 Å². The third-order valence-corrected chi connectivity index (χ3v) is 5.17. The molecular formula is C15H28N6. The van der Waals surface area contributed by atoms with E-state index in [-0.39, 0.29) is 0 Å². The Morgan fingerprint density at radius 2 is 1.81 bits per heavy atom. The molecule has 0 N–H and O–H groups in total. The number of aromatic nitrogens is 4. The lowest BCUT2D eigenvalue weighted by Gasteiger charge is -2.38. The Kier molecular flexibility index (Phi) is 4.85. The van der Waals surface area contributed by atoms with E-state index in [0.717, 1.165) is 45.0 Å². The Morgan fingerprint density at radius 3 is 2.43 bits per heavy atom. The van der Waals surface area contributed by atoms with E-state index in [4.69, 9.17) is 0 Å². The van der Waals surface area contributed by atoms with Gasteiger partial charge in [-0.25, -0.2) is 4.68 Å². The molecule has 0 radical (unpaired) electrons. The monoisotopic (exact) mass is 292 g/mol. The lowest BCUT2D eigenvalue weighted by molar-refractivity contribution is 0.0903. The molecule has 1 aliphatic carbocycles. The lowest BCUT2D eigenvalue weighted by atomic mass is 10.1. The summed E-state index contributed by atoms with van der Waals surface area (Å²) in [6.07, 6.45) is 6.18. The molecule has 1 aliphatic heterocycles. The maximum Gasteiger partial charge on any atom is 0.168 e. The average Bonchev–Trinajstić information content (AvgIpc) is 3.19. The van der Waals surface area contributed by atoms with Gasteiger partial charge in [-0.05, 0) is 36.2 Å². The minimum absolute atomic E-state index is 0.375. The van der Waals surface area contributed by atoms with Gasteiger partial charge < -0.3 is 4.90 Å². The van der Waals surface area contributed by atoms with E-state index in [1.807, 2.05) is 0 Å². The molecule has 6 nitrogen and oxygen atoms in total. The third kappa shape index (κ3) is 3.11. The van der Waals surface area contributed by atoms with Crippen LogP contribution in [0.1, 0.15) is 63.9 Å². The molecule has 2 fully saturated rings. The lowest BCUT2D eigenvalue weighted by Crippen LogP contribution is -2.47. The van der Waals surface area contributed by atoms with Gasteiger partial charge in [0.25, 0.3) is 0 Å². The first kappa shape index (κ1) is 14.9. The summed E-state index contributed by atoms with van der Waals surface area (Å²) < 4.78 is 2.13. The van der Waals surface area contributed by atoms with Crippen molar-refractivity contribution in [1.29, 1.82) is 0 Å². The molecule has 3 rings (SSSR count). The number of rotatable bonds is 5. The van der Waals surface area contributed by atoms with Gasteiger partial charge in [0, 0.05) is 26.2 Å². The number of piperazine rings is 1. The standard InChI is InChI=1S/C15H28N6/c1-3-14(20-11-9-19(4-2)10-12-20)15-16-17-18-21(15)13-7-5-6-8-13/h13-14H,3-12H2,1-2H3/t14-/m1/s1. The first-order chi connectivity index (χ1) is 10.3. The number of nitrogens with zero attached hydrogens (tertiary/aromatic N) is 6. The quantitative estimate of drug-likeness (QED) is 0.829. The molecule has 1 aromatic heterocycles. The smallest absolute Gasteiger partial charge is 0.168 e. The number of hydrogen-bond donors (Lipinski definition) is 0. The van der Waals surface area contributed by atoms with Crippen molar-refractivity contribution in [3.05, 3.63) is 5.82 Å². The normalized spacial score (nSPS) is 23.7. The van der Waals surface area contributed by atoms with Crippen molar-refractivity contribution < 1.29 is 0 Å². The Bertz CT molecular complexity index is 431. The fourth-order valence-corrected chi connectivity index (χ4v) is 3.82. The minimum atomic E-state index is 0.375. The summed E-state index contributed by atoms with van der Waals surface area (Å²) in [5.74, 6) is 1.09. The molecule has 1 saturated heterocycles. The highest BCUT2D eigenvalue weighted by atomic mass is 15.6. The highest BCUT2D eigenvalue weighted by Gasteiger charge is 2.30. The minimum Gasteiger partial charge on any atom is -0.301 e. The first-order valence-electron chi connectivity index (χ1n) is 8.57. The Balaban J connectivity index is 1.73. The molecule has 2 heterocycles. The number of tetrazole rings is 1. The van der Waals surface area contributed by atoms with E-state index in [1.54, 1.807) is 0 Å². The van der Waals surface area contributed by atoms with Crippen LogP contribution < -0.4 is 0 Å². The van der Waals surface area contributed by atoms with Crippen LogP contribution in [-0.4, -0.2) is 62.7 Å². The second-order valence-corrected chi connectivity index (χ2v) is 6.31. The molecule has 1 saturated carbocycles. The second kappa shape index (κ2) is 6.83. The van der Waals surface area contributed by atoms with E-state index in [1.165, 1.54) is 25.7 Å². The van der Waals surface area contributed by atoms with Gasteiger partial charge in [0.2, 0.25) is 0 Å². The van der Waals surface area contributed by atoms with Crippen molar-refractivity contribution in [3.8, 4) is 0 Å². The summed E-state index contributed by atoms with van der Waals surface area (Å²) >= 11 is 0. The van der Waals surface area contributed by atoms with Gasteiger partial charge in [-0.2, -0.15) is 0 Å². The van der Waals surface area contributed by atoms with Crippen LogP contribution in [0.2, 0.25) is 0 Å². The summed E-state index contributed by atoms with van der Waals surface area (Å²) in [6.45, 7) is 10.2. The average molecular weight is 292 g/mol. The zero-order chi connectivity index (χ0) is 14.7. The summed E-state index contributed by atoms with van der Waals surface area (Å²) in [6, 6.07) is 0.903. The van der Waals surface area contributed by atoms with Crippen LogP contribution in [0, 0.1) is 0 Å². The molecule has 0 amide bonds. The van der Waals surface area contributed by atoms with Crippen LogP contribution in [0.15, 0.2) is 0 Å². The van der Waals surface area contributed by atoms with Crippen LogP contribution in [0.3, 0.4) is 0 Å². The van der Waals surface area contributed by atoms with Gasteiger partial charge in [-0.1, -0.05) is 26.7 Å². The molecular weight excluding hydrogens is 264 g/mol. The summed E-state index contributed by atoms with van der Waals surface area (Å²) in [5.41, 5.74) is 0. The van der Waals surface area contributed by atoms with Crippen molar-refractivity contribution in [2.45, 2.75) is 58.0 Å². The zero-order valence-corrected chi connectivity index (χ0v) is 13.4. The molecule has 1 atom stereocenters. The van der Waals surface area contributed by atoms with Crippen molar-refractivity contribution in [3.63, 3.8) is 0 Å². The maximum atomic E-state index is 4.39. The Labute approximate surface area is 127 Å². The molecule has 2 aliphatic rings. The fourth-order valence-electron chi connectivity index (χ4n) is 3.82. The molecule has 21 heavy (non-hydrogen) atoms. The van der Waals surface area contributed by atoms with Gasteiger partial charge in [-0.15, -0.1) is 5.10 Å². The van der Waals surface area contributed by atoms with Gasteiger partial charge >= 0.3 is 0 Å². The summed E-state index contributed by atoms with van der Waals surface area (Å²) in [4.78, 5) is 5.09. The van der Waals surface area contributed by atoms with E-state index in [0.29, 0.717) is 12.1 Å². The van der Waals surface area contributed by atoms with Crippen LogP contribution >= 0.6 is 0 Å². The molecule has 0 unspecified atom stereocenters. The van der Waals surface area contributed by atoms with Gasteiger partial charge in [0.15, 0.2) is 5.82 Å². The number of hydrogen-bond acceptors (Lipinski definition) is 5. The van der Waals surface area contributed by atoms with E-state index >= 15 is 0 Å². The molecule has 0 aromatic carbocycles. The van der Waals surface area contributed by atoms with Crippen LogP contribution in [0.4, 0.5) is 0 Å². The SMILES string of the molecule is CC[C@H](c1nnnn1C1CCCC1)N1CCN(CC)CC1. The molecule has 1 aromatic rings. The second-order valence-electron chi connectivity index (χ2n) is 6.31. The topological polar surface area (TPSA) is 50.1 Å². The zero-order valence-electron chi connectivity index (χ0n) is 13.4. The molecule has 0 bridgehead atoms. The van der Waals surface area contributed by atoms with Crippen molar-refractivity contribution in [1.82, 2.24) is 30.0 Å². The predicted octanol–water partition coefficient (Wildman–Crippen LogP) is 1.88. The van der Waals surface area contributed by atoms with Gasteiger partial charge in [0.05, 0.1) is 12.1 Å². The third-order valence-electron chi connectivity index (χ3n) is 5.17. The number of likely N-dealkylation sites (N-methyl/N-ethyl adjacent to an activating group) is 1. The van der Waals surface area contributed by atoms with Crippen molar-refractivity contribution in [2.75, 3.05) is 32.7 Å². The Hall–Kier alpha value is -1.01.